The summed E-state index contributed by atoms with van der Waals surface area (Å²) >= 11 is 0. The van der Waals surface area contributed by atoms with Crippen LogP contribution in [0, 0.1) is 28.6 Å². The highest BCUT2D eigenvalue weighted by atomic mass is 16.3. The minimum Gasteiger partial charge on any atom is -0.393 e. The number of allylic oxidation sites excluding steroid dienone is 1. The Morgan fingerprint density at radius 2 is 1.90 bits per heavy atom. The Labute approximate surface area is 129 Å². The van der Waals surface area contributed by atoms with Crippen molar-refractivity contribution >= 4 is 0 Å². The number of aliphatic hydroxyl groups is 1. The zero-order valence-electron chi connectivity index (χ0n) is 13.6. The monoisotopic (exact) mass is 289 g/mol. The highest BCUT2D eigenvalue weighted by Gasteiger charge is 2.58. The minimum absolute atomic E-state index is 0.0542. The average Bonchev–Trinajstić information content (AvgIpc) is 2.76. The Bertz CT molecular complexity index is 472. The summed E-state index contributed by atoms with van der Waals surface area (Å²) in [7, 11) is 0. The summed E-state index contributed by atoms with van der Waals surface area (Å²) in [5, 5.41) is 10.5. The van der Waals surface area contributed by atoms with Crippen molar-refractivity contribution in [2.75, 3.05) is 0 Å². The van der Waals surface area contributed by atoms with E-state index in [-0.39, 0.29) is 11.5 Å². The molecule has 4 aliphatic carbocycles. The maximum Gasteiger partial charge on any atom is 0.0596 e. The molecule has 4 rings (SSSR count). The summed E-state index contributed by atoms with van der Waals surface area (Å²) in [6, 6.07) is 0.392. The lowest BCUT2D eigenvalue weighted by Gasteiger charge is -2.57. The molecule has 0 amide bonds. The fraction of sp³-hybridized carbons (Fsp3) is 0.895. The number of hydrogen-bond acceptors (Lipinski definition) is 2. The van der Waals surface area contributed by atoms with Crippen LogP contribution in [0.2, 0.25) is 0 Å². The van der Waals surface area contributed by atoms with Gasteiger partial charge in [-0.15, -0.1) is 0 Å². The lowest BCUT2D eigenvalue weighted by Crippen LogP contribution is -2.51. The number of hydrogen-bond donors (Lipinski definition) is 2. The van der Waals surface area contributed by atoms with Gasteiger partial charge in [-0.3, -0.25) is 0 Å². The fourth-order valence-electron chi connectivity index (χ4n) is 6.66. The molecular weight excluding hydrogens is 258 g/mol. The lowest BCUT2D eigenvalue weighted by atomic mass is 9.48. The predicted molar refractivity (Wildman–Crippen MR) is 85.7 cm³/mol. The quantitative estimate of drug-likeness (QED) is 0.669. The first-order valence-electron chi connectivity index (χ1n) is 9.08. The summed E-state index contributed by atoms with van der Waals surface area (Å²) in [5.41, 5.74) is 8.50. The Morgan fingerprint density at radius 3 is 2.71 bits per heavy atom. The maximum absolute atomic E-state index is 10.5. The van der Waals surface area contributed by atoms with E-state index in [1.54, 1.807) is 5.57 Å². The Morgan fingerprint density at radius 1 is 1.10 bits per heavy atom. The second-order valence-corrected chi connectivity index (χ2v) is 8.90. The van der Waals surface area contributed by atoms with Crippen molar-refractivity contribution in [1.82, 2.24) is 0 Å². The molecule has 7 atom stereocenters. The van der Waals surface area contributed by atoms with Crippen molar-refractivity contribution in [2.45, 2.75) is 77.4 Å². The first kappa shape index (κ1) is 14.3. The van der Waals surface area contributed by atoms with Crippen LogP contribution in [0.15, 0.2) is 11.6 Å². The zero-order valence-corrected chi connectivity index (χ0v) is 13.6. The molecule has 0 spiro atoms. The number of aliphatic hydroxyl groups excluding tert-OH is 1. The number of fused-ring (bicyclic) bond motifs is 5. The first-order valence-corrected chi connectivity index (χ1v) is 9.08. The van der Waals surface area contributed by atoms with E-state index in [1.165, 1.54) is 38.5 Å². The Kier molecular flexibility index (Phi) is 3.11. The normalized spacial score (nSPS) is 56.2. The summed E-state index contributed by atoms with van der Waals surface area (Å²) in [6.45, 7) is 4.89. The third-order valence-electron chi connectivity index (χ3n) is 8.09. The summed E-state index contributed by atoms with van der Waals surface area (Å²) in [6.07, 6.45) is 12.2. The van der Waals surface area contributed by atoms with Crippen molar-refractivity contribution in [3.05, 3.63) is 11.6 Å². The Hall–Kier alpha value is -0.340. The van der Waals surface area contributed by atoms with Gasteiger partial charge in [-0.2, -0.15) is 0 Å². The van der Waals surface area contributed by atoms with Crippen LogP contribution in [0.5, 0.6) is 0 Å². The van der Waals surface area contributed by atoms with E-state index in [1.807, 2.05) is 0 Å². The van der Waals surface area contributed by atoms with Gasteiger partial charge in [0.15, 0.2) is 0 Å². The van der Waals surface area contributed by atoms with Crippen LogP contribution in [0.3, 0.4) is 0 Å². The van der Waals surface area contributed by atoms with Gasteiger partial charge in [-0.05, 0) is 80.0 Å². The fourth-order valence-corrected chi connectivity index (χ4v) is 6.66. The molecule has 0 aromatic heterocycles. The lowest BCUT2D eigenvalue weighted by molar-refractivity contribution is -0.0666. The smallest absolute Gasteiger partial charge is 0.0596 e. The molecule has 3 unspecified atom stereocenters. The molecule has 0 heterocycles. The van der Waals surface area contributed by atoms with E-state index in [0.29, 0.717) is 11.5 Å². The van der Waals surface area contributed by atoms with E-state index in [4.69, 9.17) is 5.73 Å². The highest BCUT2D eigenvalue weighted by Crippen LogP contribution is 2.64. The standard InChI is InChI=1S/C19H31NO/c1-18-9-7-13(20)11-12(18)3-4-14-15-5-6-17(21)19(15,2)10-8-16(14)18/h3,13-17,21H,4-11,20H2,1-2H3/t13-,14?,15?,16?,17-,18-,19-/m0/s1. The molecule has 0 bridgehead atoms. The number of nitrogens with two attached hydrogens (primary N) is 1. The van der Waals surface area contributed by atoms with Crippen molar-refractivity contribution in [3.8, 4) is 0 Å². The molecule has 3 fully saturated rings. The minimum atomic E-state index is -0.0542. The molecule has 3 N–H and O–H groups in total. The molecule has 2 heteroatoms. The van der Waals surface area contributed by atoms with Gasteiger partial charge in [0.2, 0.25) is 0 Å². The van der Waals surface area contributed by atoms with E-state index < -0.39 is 0 Å². The molecule has 21 heavy (non-hydrogen) atoms. The van der Waals surface area contributed by atoms with Gasteiger partial charge in [0.1, 0.15) is 0 Å². The average molecular weight is 289 g/mol. The first-order chi connectivity index (χ1) is 9.95. The molecule has 0 radical (unpaired) electrons. The van der Waals surface area contributed by atoms with Gasteiger partial charge in [0, 0.05) is 6.04 Å². The van der Waals surface area contributed by atoms with Gasteiger partial charge in [0.05, 0.1) is 6.10 Å². The maximum atomic E-state index is 10.5. The second kappa shape index (κ2) is 4.58. The second-order valence-electron chi connectivity index (χ2n) is 8.90. The molecule has 0 saturated heterocycles. The van der Waals surface area contributed by atoms with E-state index in [9.17, 15) is 5.11 Å². The van der Waals surface area contributed by atoms with Crippen LogP contribution in [0.1, 0.15) is 65.2 Å². The molecule has 0 aromatic rings. The molecule has 118 valence electrons. The van der Waals surface area contributed by atoms with Crippen LogP contribution < -0.4 is 5.73 Å². The van der Waals surface area contributed by atoms with Gasteiger partial charge in [-0.1, -0.05) is 25.5 Å². The molecule has 0 aliphatic heterocycles. The van der Waals surface area contributed by atoms with Crippen molar-refractivity contribution in [1.29, 1.82) is 0 Å². The largest absolute Gasteiger partial charge is 0.393 e. The van der Waals surface area contributed by atoms with Crippen LogP contribution in [0.25, 0.3) is 0 Å². The summed E-state index contributed by atoms with van der Waals surface area (Å²) < 4.78 is 0. The SMILES string of the molecule is C[C@]12CC[C@H](N)CC1=CCC1C2CC[C@@]2(C)C1CC[C@@H]2O. The van der Waals surface area contributed by atoms with E-state index >= 15 is 0 Å². The van der Waals surface area contributed by atoms with Gasteiger partial charge in [-0.25, -0.2) is 0 Å². The summed E-state index contributed by atoms with van der Waals surface area (Å²) in [4.78, 5) is 0. The third-order valence-corrected chi connectivity index (χ3v) is 8.09. The molecule has 0 aromatic carbocycles. The molecule has 3 saturated carbocycles. The van der Waals surface area contributed by atoms with Crippen LogP contribution in [-0.2, 0) is 0 Å². The topological polar surface area (TPSA) is 46.2 Å². The van der Waals surface area contributed by atoms with Crippen molar-refractivity contribution in [2.24, 2.45) is 34.3 Å². The van der Waals surface area contributed by atoms with Gasteiger partial charge < -0.3 is 10.8 Å². The predicted octanol–water partition coefficient (Wildman–Crippen LogP) is 3.64. The Balaban J connectivity index is 1.68. The molecular formula is C19H31NO. The van der Waals surface area contributed by atoms with E-state index in [2.05, 4.69) is 19.9 Å². The van der Waals surface area contributed by atoms with Crippen LogP contribution in [-0.4, -0.2) is 17.3 Å². The third kappa shape index (κ3) is 1.84. The number of rotatable bonds is 0. The van der Waals surface area contributed by atoms with Gasteiger partial charge in [0.25, 0.3) is 0 Å². The van der Waals surface area contributed by atoms with Crippen LogP contribution in [0.4, 0.5) is 0 Å². The summed E-state index contributed by atoms with van der Waals surface area (Å²) in [5.74, 6) is 2.40. The zero-order chi connectivity index (χ0) is 14.8. The van der Waals surface area contributed by atoms with Crippen molar-refractivity contribution in [3.63, 3.8) is 0 Å². The molecule has 2 nitrogen and oxygen atoms in total. The van der Waals surface area contributed by atoms with Crippen molar-refractivity contribution < 1.29 is 5.11 Å². The van der Waals surface area contributed by atoms with Gasteiger partial charge >= 0.3 is 0 Å². The van der Waals surface area contributed by atoms with E-state index in [0.717, 1.165) is 30.6 Å². The highest BCUT2D eigenvalue weighted by molar-refractivity contribution is 5.25. The molecule has 4 aliphatic rings. The van der Waals surface area contributed by atoms with Crippen LogP contribution >= 0.6 is 0 Å².